The van der Waals surface area contributed by atoms with Gasteiger partial charge in [-0.15, -0.1) is 0 Å². The van der Waals surface area contributed by atoms with Crippen molar-refractivity contribution in [2.45, 2.75) is 108 Å². The maximum Gasteiger partial charge on any atom is 0.184 e. The smallest absolute Gasteiger partial charge is 0.184 e. The maximum absolute atomic E-state index is 10.3. The van der Waals surface area contributed by atoms with Crippen LogP contribution in [0.1, 0.15) is 65.7 Å². The lowest BCUT2D eigenvalue weighted by Gasteiger charge is -2.49. The fourth-order valence-corrected chi connectivity index (χ4v) is 3.71. The van der Waals surface area contributed by atoms with Crippen LogP contribution in [0, 0.1) is 0 Å². The second kappa shape index (κ2) is 11.0. The van der Waals surface area contributed by atoms with Crippen LogP contribution in [0.5, 0.6) is 0 Å². The first-order valence-corrected chi connectivity index (χ1v) is 10.4. The van der Waals surface area contributed by atoms with Gasteiger partial charge < -0.3 is 33.9 Å². The molecule has 2 saturated heterocycles. The summed E-state index contributed by atoms with van der Waals surface area (Å²) in [6.45, 7) is 6.56. The number of hydrogen-bond donors (Lipinski definition) is 2. The molecule has 0 aromatic heterocycles. The number of hydrogen-bond acceptors (Lipinski definition) is 7. The van der Waals surface area contributed by atoms with Gasteiger partial charge in [0.2, 0.25) is 0 Å². The third kappa shape index (κ3) is 6.92. The van der Waals surface area contributed by atoms with Gasteiger partial charge in [-0.3, -0.25) is 0 Å². The van der Waals surface area contributed by atoms with E-state index in [2.05, 4.69) is 6.92 Å². The average Bonchev–Trinajstić information content (AvgIpc) is 2.63. The van der Waals surface area contributed by atoms with Gasteiger partial charge in [0.05, 0.1) is 12.7 Å². The Hall–Kier alpha value is -0.280. The molecule has 6 atom stereocenters. The van der Waals surface area contributed by atoms with Crippen molar-refractivity contribution >= 4 is 0 Å². The Bertz CT molecular complexity index is 417. The first-order chi connectivity index (χ1) is 12.9. The highest BCUT2D eigenvalue weighted by molar-refractivity contribution is 4.94. The molecule has 2 aliphatic heterocycles. The van der Waals surface area contributed by atoms with Gasteiger partial charge in [-0.1, -0.05) is 39.0 Å². The second-order valence-electron chi connectivity index (χ2n) is 8.03. The van der Waals surface area contributed by atoms with Crippen LogP contribution in [0.15, 0.2) is 0 Å². The molecule has 7 heteroatoms. The second-order valence-corrected chi connectivity index (χ2v) is 8.03. The van der Waals surface area contributed by atoms with E-state index in [1.54, 1.807) is 7.11 Å². The van der Waals surface area contributed by atoms with Gasteiger partial charge in [0.1, 0.15) is 24.4 Å². The molecule has 2 aliphatic rings. The van der Waals surface area contributed by atoms with Crippen molar-refractivity contribution in [3.8, 4) is 0 Å². The van der Waals surface area contributed by atoms with Gasteiger partial charge in [-0.2, -0.15) is 0 Å². The van der Waals surface area contributed by atoms with Gasteiger partial charge in [0, 0.05) is 13.7 Å². The van der Waals surface area contributed by atoms with Crippen LogP contribution >= 0.6 is 0 Å². The number of rotatable bonds is 11. The molecule has 0 aromatic rings. The lowest BCUT2D eigenvalue weighted by Crippen LogP contribution is -2.65. The molecule has 0 amide bonds. The van der Waals surface area contributed by atoms with E-state index in [0.717, 1.165) is 19.3 Å². The normalized spacial score (nSPS) is 34.2. The van der Waals surface area contributed by atoms with Crippen molar-refractivity contribution in [2.75, 3.05) is 20.3 Å². The fraction of sp³-hybridized carbons (Fsp3) is 1.00. The van der Waals surface area contributed by atoms with Gasteiger partial charge in [-0.05, 0) is 26.7 Å². The first-order valence-electron chi connectivity index (χ1n) is 10.4. The molecule has 27 heavy (non-hydrogen) atoms. The monoisotopic (exact) mass is 390 g/mol. The Morgan fingerprint density at radius 2 is 1.85 bits per heavy atom. The Labute approximate surface area is 163 Å². The Morgan fingerprint density at radius 1 is 1.11 bits per heavy atom. The molecule has 1 unspecified atom stereocenters. The molecule has 0 aromatic carbocycles. The number of ether oxygens (including phenoxy) is 5. The first kappa shape index (κ1) is 23.0. The fourth-order valence-electron chi connectivity index (χ4n) is 3.71. The van der Waals surface area contributed by atoms with E-state index in [9.17, 15) is 10.2 Å². The third-order valence-corrected chi connectivity index (χ3v) is 5.36. The van der Waals surface area contributed by atoms with Gasteiger partial charge in [0.25, 0.3) is 0 Å². The summed E-state index contributed by atoms with van der Waals surface area (Å²) in [5.41, 5.74) is 0. The molecule has 0 aliphatic carbocycles. The van der Waals surface area contributed by atoms with Crippen LogP contribution < -0.4 is 0 Å². The van der Waals surface area contributed by atoms with Crippen molar-refractivity contribution in [1.82, 2.24) is 0 Å². The van der Waals surface area contributed by atoms with Gasteiger partial charge in [0.15, 0.2) is 12.1 Å². The molecule has 7 nitrogen and oxygen atoms in total. The predicted molar refractivity (Wildman–Crippen MR) is 100 cm³/mol. The molecular weight excluding hydrogens is 352 g/mol. The molecule has 2 fully saturated rings. The summed E-state index contributed by atoms with van der Waals surface area (Å²) in [5, 5.41) is 20.3. The van der Waals surface area contributed by atoms with E-state index >= 15 is 0 Å². The van der Waals surface area contributed by atoms with Crippen molar-refractivity contribution in [1.29, 1.82) is 0 Å². The average molecular weight is 391 g/mol. The summed E-state index contributed by atoms with van der Waals surface area (Å²) in [5.74, 6) is -0.776. The summed E-state index contributed by atoms with van der Waals surface area (Å²) < 4.78 is 28.4. The minimum absolute atomic E-state index is 0.136. The number of methoxy groups -OCH3 is 1. The van der Waals surface area contributed by atoms with Gasteiger partial charge in [-0.25, -0.2) is 0 Å². The SMILES string of the molecule is CCCCCCC[C@H](CCO[C@H]1[C@@H]2OC(C)(C)OC[C@H]2OC(O)[C@@H]1O)OC. The van der Waals surface area contributed by atoms with Crippen molar-refractivity contribution in [3.63, 3.8) is 0 Å². The largest absolute Gasteiger partial charge is 0.385 e. The minimum atomic E-state index is -1.30. The van der Waals surface area contributed by atoms with Crippen molar-refractivity contribution < 1.29 is 33.9 Å². The maximum atomic E-state index is 10.3. The summed E-state index contributed by atoms with van der Waals surface area (Å²) >= 11 is 0. The zero-order valence-corrected chi connectivity index (χ0v) is 17.3. The molecular formula is C20H38O7. The molecule has 160 valence electrons. The van der Waals surface area contributed by atoms with Gasteiger partial charge >= 0.3 is 0 Å². The highest BCUT2D eigenvalue weighted by Crippen LogP contribution is 2.33. The number of unbranched alkanes of at least 4 members (excludes halogenated alkanes) is 4. The molecule has 0 radical (unpaired) electrons. The summed E-state index contributed by atoms with van der Waals surface area (Å²) in [6.07, 6.45) is 3.99. The number of aliphatic hydroxyl groups is 2. The topological polar surface area (TPSA) is 86.6 Å². The highest BCUT2D eigenvalue weighted by atomic mass is 16.8. The molecule has 0 spiro atoms. The Kier molecular flexibility index (Phi) is 9.41. The predicted octanol–water partition coefficient (Wildman–Crippen LogP) is 2.37. The Balaban J connectivity index is 1.80. The quantitative estimate of drug-likeness (QED) is 0.524. The number of fused-ring (bicyclic) bond motifs is 1. The van der Waals surface area contributed by atoms with Crippen LogP contribution in [-0.4, -0.2) is 73.1 Å². The van der Waals surface area contributed by atoms with E-state index in [-0.39, 0.29) is 6.10 Å². The van der Waals surface area contributed by atoms with E-state index in [4.69, 9.17) is 23.7 Å². The molecule has 0 saturated carbocycles. The van der Waals surface area contributed by atoms with Crippen LogP contribution in [0.2, 0.25) is 0 Å². The lowest BCUT2D eigenvalue weighted by atomic mass is 9.97. The zero-order valence-electron chi connectivity index (χ0n) is 17.3. The summed E-state index contributed by atoms with van der Waals surface area (Å²) in [6, 6.07) is 0. The third-order valence-electron chi connectivity index (χ3n) is 5.36. The van der Waals surface area contributed by atoms with Crippen LogP contribution in [-0.2, 0) is 23.7 Å². The van der Waals surface area contributed by atoms with Crippen LogP contribution in [0.4, 0.5) is 0 Å². The van der Waals surface area contributed by atoms with E-state index in [0.29, 0.717) is 13.2 Å². The lowest BCUT2D eigenvalue weighted by molar-refractivity contribution is -0.381. The molecule has 2 N–H and O–H groups in total. The van der Waals surface area contributed by atoms with Crippen molar-refractivity contribution in [2.24, 2.45) is 0 Å². The standard InChI is InChI=1S/C20H38O7/c1-5-6-7-8-9-10-14(23-4)11-12-24-18-16(21)19(22)26-15-13-25-20(2,3)27-17(15)18/h14-19,21-22H,5-13H2,1-4H3/t14-,15-,16-,17-,18-,19?/m1/s1. The van der Waals surface area contributed by atoms with E-state index in [1.807, 2.05) is 13.8 Å². The molecule has 2 heterocycles. The Morgan fingerprint density at radius 3 is 2.56 bits per heavy atom. The van der Waals surface area contributed by atoms with Crippen molar-refractivity contribution in [3.05, 3.63) is 0 Å². The zero-order chi connectivity index (χ0) is 19.9. The molecule has 2 rings (SSSR count). The van der Waals surface area contributed by atoms with Crippen LogP contribution in [0.3, 0.4) is 0 Å². The molecule has 0 bridgehead atoms. The minimum Gasteiger partial charge on any atom is -0.385 e. The summed E-state index contributed by atoms with van der Waals surface area (Å²) in [4.78, 5) is 0. The number of aliphatic hydroxyl groups excluding tert-OH is 2. The summed E-state index contributed by atoms with van der Waals surface area (Å²) in [7, 11) is 1.73. The van der Waals surface area contributed by atoms with Crippen LogP contribution in [0.25, 0.3) is 0 Å². The van der Waals surface area contributed by atoms with E-state index < -0.39 is 36.5 Å². The van der Waals surface area contributed by atoms with E-state index in [1.165, 1.54) is 25.7 Å². The highest BCUT2D eigenvalue weighted by Gasteiger charge is 2.51.